The van der Waals surface area contributed by atoms with E-state index in [0.717, 1.165) is 22.3 Å². The molecule has 0 bridgehead atoms. The second-order valence-corrected chi connectivity index (χ2v) is 13.1. The summed E-state index contributed by atoms with van der Waals surface area (Å²) in [6.45, 7) is 1.66. The monoisotopic (exact) mass is 629 g/mol. The van der Waals surface area contributed by atoms with Gasteiger partial charge in [-0.15, -0.1) is 0 Å². The topological polar surface area (TPSA) is 75.6 Å². The molecule has 6 rings (SSSR count). The number of rotatable bonds is 6. The number of benzene rings is 2. The quantitative estimate of drug-likeness (QED) is 0.326. The van der Waals surface area contributed by atoms with Crippen molar-refractivity contribution in [2.75, 3.05) is 7.11 Å². The molecule has 0 saturated heterocycles. The van der Waals surface area contributed by atoms with Gasteiger partial charge in [-0.1, -0.05) is 36.8 Å². The molecule has 240 valence electrons. The number of nitrogens with one attached hydrogen (secondary N) is 1. The van der Waals surface area contributed by atoms with Gasteiger partial charge in [0.1, 0.15) is 11.4 Å². The Morgan fingerprint density at radius 3 is 2.47 bits per heavy atom. The fraction of sp³-hybridized carbons (Fsp3) is 0.486. The molecule has 1 amide bonds. The van der Waals surface area contributed by atoms with Gasteiger partial charge in [0.15, 0.2) is 5.78 Å². The molecule has 5 nitrogen and oxygen atoms in total. The van der Waals surface area contributed by atoms with E-state index < -0.39 is 41.4 Å². The summed E-state index contributed by atoms with van der Waals surface area (Å²) in [7, 11) is 1.55. The smallest absolute Gasteiger partial charge is 0.456 e. The summed E-state index contributed by atoms with van der Waals surface area (Å²) >= 11 is 0. The van der Waals surface area contributed by atoms with E-state index in [9.17, 15) is 27.9 Å². The number of allylic oxidation sites excluding steroid dienone is 4. The first kappa shape index (κ1) is 31.5. The molecule has 5 atom stereocenters. The number of amides is 1. The van der Waals surface area contributed by atoms with E-state index >= 15 is 8.78 Å². The third kappa shape index (κ3) is 5.00. The molecule has 2 saturated carbocycles. The Morgan fingerprint density at radius 2 is 1.78 bits per heavy atom. The highest BCUT2D eigenvalue weighted by molar-refractivity contribution is 5.94. The van der Waals surface area contributed by atoms with Crippen LogP contribution in [0.5, 0.6) is 5.75 Å². The van der Waals surface area contributed by atoms with Crippen LogP contribution in [0, 0.1) is 17.3 Å². The van der Waals surface area contributed by atoms with Gasteiger partial charge in [-0.3, -0.25) is 9.59 Å². The van der Waals surface area contributed by atoms with Crippen LogP contribution in [0.4, 0.5) is 22.0 Å². The predicted molar refractivity (Wildman–Crippen MR) is 157 cm³/mol. The van der Waals surface area contributed by atoms with Gasteiger partial charge in [-0.05, 0) is 103 Å². The molecule has 2 fully saturated rings. The molecule has 10 heteroatoms. The number of carbonyl (C=O) groups is 2. The Labute approximate surface area is 258 Å². The van der Waals surface area contributed by atoms with E-state index in [0.29, 0.717) is 42.6 Å². The minimum atomic E-state index is -5.90. The lowest BCUT2D eigenvalue weighted by molar-refractivity contribution is -0.362. The summed E-state index contributed by atoms with van der Waals surface area (Å²) in [5, 5.41) is 14.3. The second-order valence-electron chi connectivity index (χ2n) is 13.1. The number of ketones is 1. The van der Waals surface area contributed by atoms with Gasteiger partial charge in [-0.25, -0.2) is 0 Å². The van der Waals surface area contributed by atoms with E-state index in [1.807, 2.05) is 18.2 Å². The van der Waals surface area contributed by atoms with Crippen molar-refractivity contribution in [1.29, 1.82) is 0 Å². The summed E-state index contributed by atoms with van der Waals surface area (Å²) < 4.78 is 77.0. The van der Waals surface area contributed by atoms with Crippen LogP contribution in [0.3, 0.4) is 0 Å². The summed E-state index contributed by atoms with van der Waals surface area (Å²) in [6.07, 6.45) is -3.13. The summed E-state index contributed by atoms with van der Waals surface area (Å²) in [5.41, 5.74) is -0.226. The Balaban J connectivity index is 1.36. The SMILES string of the molecule is COc1cccc(CNC(=O)c2ccc([C@H]3C[C@@]4(C)[C@@H](CC[C@@]4(O)C(F)(F)C(F)(F)F)[C@@H]4CCC5=CC(=O)CCC5=C43)cc2)c1. The molecule has 0 unspecified atom stereocenters. The van der Waals surface area contributed by atoms with E-state index in [2.05, 4.69) is 5.32 Å². The Morgan fingerprint density at radius 1 is 1.04 bits per heavy atom. The largest absolute Gasteiger partial charge is 0.497 e. The number of methoxy groups -OCH3 is 1. The predicted octanol–water partition coefficient (Wildman–Crippen LogP) is 7.45. The van der Waals surface area contributed by atoms with Crippen molar-refractivity contribution in [3.05, 3.63) is 88.0 Å². The van der Waals surface area contributed by atoms with Crippen LogP contribution in [0.25, 0.3) is 0 Å². The Bertz CT molecular complexity index is 1580. The van der Waals surface area contributed by atoms with Crippen molar-refractivity contribution >= 4 is 11.7 Å². The fourth-order valence-electron chi connectivity index (χ4n) is 8.65. The average molecular weight is 630 g/mol. The molecule has 0 spiro atoms. The van der Waals surface area contributed by atoms with Gasteiger partial charge < -0.3 is 15.2 Å². The normalized spacial score (nSPS) is 29.8. The third-order valence-corrected chi connectivity index (χ3v) is 10.9. The molecule has 0 aromatic heterocycles. The maximum absolute atomic E-state index is 15.2. The Kier molecular flexibility index (Phi) is 7.74. The molecule has 4 aliphatic rings. The maximum Gasteiger partial charge on any atom is 0.456 e. The van der Waals surface area contributed by atoms with Crippen LogP contribution in [0.2, 0.25) is 0 Å². The first-order chi connectivity index (χ1) is 21.2. The number of fused-ring (bicyclic) bond motifs is 4. The molecule has 4 aliphatic carbocycles. The van der Waals surface area contributed by atoms with Gasteiger partial charge in [0, 0.05) is 29.9 Å². The number of alkyl halides is 5. The highest BCUT2D eigenvalue weighted by Crippen LogP contribution is 2.70. The van der Waals surface area contributed by atoms with Gasteiger partial charge in [0.2, 0.25) is 0 Å². The zero-order valence-corrected chi connectivity index (χ0v) is 25.1. The zero-order chi connectivity index (χ0) is 32.4. The van der Waals surface area contributed by atoms with Gasteiger partial charge in [0.25, 0.3) is 5.91 Å². The highest BCUT2D eigenvalue weighted by Gasteiger charge is 2.79. The van der Waals surface area contributed by atoms with Crippen LogP contribution in [0.15, 0.2) is 71.3 Å². The summed E-state index contributed by atoms with van der Waals surface area (Å²) in [5.74, 6) is -6.38. The van der Waals surface area contributed by atoms with Gasteiger partial charge in [0.05, 0.1) is 7.11 Å². The fourth-order valence-corrected chi connectivity index (χ4v) is 8.65. The van der Waals surface area contributed by atoms with Crippen molar-refractivity contribution in [1.82, 2.24) is 5.32 Å². The standard InChI is InChI=1S/C35H36F5NO4/c1-32-18-28(21-6-8-22(9-7-21)31(43)41-19-20-4-3-5-25(16-20)45-2)30-26-13-11-24(42)17-23(26)10-12-27(30)29(32)14-15-33(32,44)34(36,37)35(38,39)40/h3-9,16-17,27-29,44H,10-15,18-19H2,1-2H3,(H,41,43)/t27-,28+,29-,32-,33-/m0/s1. The number of hydrogen-bond acceptors (Lipinski definition) is 4. The van der Waals surface area contributed by atoms with Crippen LogP contribution < -0.4 is 10.1 Å². The van der Waals surface area contributed by atoms with E-state index in [4.69, 9.17) is 4.74 Å². The number of carbonyl (C=O) groups excluding carboxylic acids is 2. The minimum absolute atomic E-state index is 0.0226. The summed E-state index contributed by atoms with van der Waals surface area (Å²) in [4.78, 5) is 25.2. The lowest BCUT2D eigenvalue weighted by Gasteiger charge is -2.56. The average Bonchev–Trinajstić information content (AvgIpc) is 3.30. The first-order valence-corrected chi connectivity index (χ1v) is 15.3. The molecule has 2 N–H and O–H groups in total. The molecule has 2 aromatic rings. The summed E-state index contributed by atoms with van der Waals surface area (Å²) in [6, 6.07) is 14.0. The number of ether oxygens (including phenoxy) is 1. The van der Waals surface area contributed by atoms with E-state index in [1.54, 1.807) is 43.5 Å². The third-order valence-electron chi connectivity index (χ3n) is 10.9. The zero-order valence-electron chi connectivity index (χ0n) is 25.1. The number of hydrogen-bond donors (Lipinski definition) is 2. The van der Waals surface area contributed by atoms with E-state index in [-0.39, 0.29) is 37.0 Å². The van der Waals surface area contributed by atoms with Crippen LogP contribution >= 0.6 is 0 Å². The molecular weight excluding hydrogens is 593 g/mol. The lowest BCUT2D eigenvalue weighted by Crippen LogP contribution is -2.65. The first-order valence-electron chi connectivity index (χ1n) is 15.3. The number of halogens is 5. The van der Waals surface area contributed by atoms with Crippen molar-refractivity contribution in [2.45, 2.75) is 82.0 Å². The van der Waals surface area contributed by atoms with E-state index in [1.165, 1.54) is 6.92 Å². The van der Waals surface area contributed by atoms with Crippen molar-refractivity contribution < 1.29 is 41.4 Å². The number of aliphatic hydroxyl groups is 1. The molecular formula is C35H36F5NO4. The van der Waals surface area contributed by atoms with Crippen molar-refractivity contribution in [2.24, 2.45) is 17.3 Å². The highest BCUT2D eigenvalue weighted by atomic mass is 19.4. The second kappa shape index (κ2) is 11.1. The van der Waals surface area contributed by atoms with Gasteiger partial charge >= 0.3 is 12.1 Å². The van der Waals surface area contributed by atoms with Gasteiger partial charge in [-0.2, -0.15) is 22.0 Å². The Hall–Kier alpha value is -3.53. The molecule has 0 radical (unpaired) electrons. The van der Waals surface area contributed by atoms with Crippen LogP contribution in [-0.4, -0.2) is 41.6 Å². The minimum Gasteiger partial charge on any atom is -0.497 e. The van der Waals surface area contributed by atoms with Crippen molar-refractivity contribution in [3.63, 3.8) is 0 Å². The molecule has 0 aliphatic heterocycles. The van der Waals surface area contributed by atoms with Crippen LogP contribution in [0.1, 0.15) is 79.3 Å². The maximum atomic E-state index is 15.2. The molecule has 45 heavy (non-hydrogen) atoms. The lowest BCUT2D eigenvalue weighted by atomic mass is 9.50. The molecule has 0 heterocycles. The molecule has 2 aromatic carbocycles. The van der Waals surface area contributed by atoms with Crippen LogP contribution in [-0.2, 0) is 11.3 Å². The van der Waals surface area contributed by atoms with Crippen molar-refractivity contribution in [3.8, 4) is 5.75 Å².